The molecule has 6 nitrogen and oxygen atoms in total. The van der Waals surface area contributed by atoms with Gasteiger partial charge in [-0.15, -0.1) is 24.2 Å². The number of pyridine rings is 1. The average molecular weight is 590 g/mol. The summed E-state index contributed by atoms with van der Waals surface area (Å²) in [6, 6.07) is 17.7. The van der Waals surface area contributed by atoms with E-state index in [-0.39, 0.29) is 11.5 Å². The first kappa shape index (κ1) is 36.2. The van der Waals surface area contributed by atoms with Crippen LogP contribution < -0.4 is 15.8 Å². The maximum Gasteiger partial charge on any atom is 0.173 e. The number of nitrogens with one attached hydrogen (secondary N) is 1. The summed E-state index contributed by atoms with van der Waals surface area (Å²) in [5.41, 5.74) is 8.00. The van der Waals surface area contributed by atoms with E-state index >= 15 is 0 Å². The van der Waals surface area contributed by atoms with Crippen LogP contribution in [0.1, 0.15) is 68.1 Å². The van der Waals surface area contributed by atoms with Gasteiger partial charge in [-0.05, 0) is 66.9 Å². The highest BCUT2D eigenvalue weighted by molar-refractivity contribution is 7.21. The number of aromatic nitrogens is 1. The number of Topliss-reactive ketones (excluding diaryl/α,β-unsaturated/α-hetero) is 1. The standard InChI is InChI=1S/C15H18N2O.C10H8O2S.C7H14.C2H2.CH5N/c1-4-11-9-12(5-7-14(11)18-3)13-6-8-15(16-2)17-10-13;1-6(11)10-9(12)7-4-2-3-5-8(7)13-10;1-7-5-3-2-4-6-7;2*1-2/h5-10H,4H2,1-3H3,(H,16,17);2-5,12H,1H3;7H,2-6H2,1H3;1-2H;2H2,1H3. The smallest absolute Gasteiger partial charge is 0.173 e. The van der Waals surface area contributed by atoms with Crippen LogP contribution >= 0.6 is 11.3 Å². The van der Waals surface area contributed by atoms with Crippen LogP contribution in [0.15, 0.2) is 60.8 Å². The Morgan fingerprint density at radius 3 is 2.19 bits per heavy atom. The molecule has 1 aliphatic rings. The average Bonchev–Trinajstić information content (AvgIpc) is 3.40. The number of methoxy groups -OCH3 is 1. The monoisotopic (exact) mass is 589 g/mol. The molecule has 1 fully saturated rings. The fourth-order valence-corrected chi connectivity index (χ4v) is 5.52. The van der Waals surface area contributed by atoms with Crippen molar-refractivity contribution in [2.24, 2.45) is 11.7 Å². The molecule has 2 aromatic carbocycles. The van der Waals surface area contributed by atoms with E-state index in [1.165, 1.54) is 68.5 Å². The van der Waals surface area contributed by atoms with Gasteiger partial charge < -0.3 is 20.9 Å². The van der Waals surface area contributed by atoms with Gasteiger partial charge in [0, 0.05) is 35.8 Å². The van der Waals surface area contributed by atoms with Crippen LogP contribution in [0.2, 0.25) is 0 Å². The van der Waals surface area contributed by atoms with Crippen molar-refractivity contribution in [2.75, 3.05) is 26.5 Å². The molecule has 0 unspecified atom stereocenters. The molecule has 0 bridgehead atoms. The lowest BCUT2D eigenvalue weighted by Gasteiger charge is -2.15. The lowest BCUT2D eigenvalue weighted by atomic mass is 9.91. The predicted octanol–water partition coefficient (Wildman–Crippen LogP) is 8.58. The molecule has 7 heteroatoms. The largest absolute Gasteiger partial charge is 0.506 e. The molecule has 1 saturated carbocycles. The molecule has 0 amide bonds. The van der Waals surface area contributed by atoms with E-state index in [1.807, 2.05) is 49.6 Å². The number of rotatable bonds is 5. The molecule has 0 radical (unpaired) electrons. The summed E-state index contributed by atoms with van der Waals surface area (Å²) in [6.45, 7) is 5.95. The second-order valence-electron chi connectivity index (χ2n) is 9.64. The van der Waals surface area contributed by atoms with Crippen molar-refractivity contribution in [1.29, 1.82) is 0 Å². The number of nitrogens with zero attached hydrogens (tertiary/aromatic N) is 1. The minimum Gasteiger partial charge on any atom is -0.506 e. The second-order valence-corrected chi connectivity index (χ2v) is 10.7. The van der Waals surface area contributed by atoms with Gasteiger partial charge in [-0.25, -0.2) is 4.98 Å². The number of carbonyl (C=O) groups excluding carboxylic acids is 1. The Morgan fingerprint density at radius 1 is 1.07 bits per heavy atom. The van der Waals surface area contributed by atoms with E-state index < -0.39 is 0 Å². The third kappa shape index (κ3) is 10.8. The number of aromatic hydroxyl groups is 1. The van der Waals surface area contributed by atoms with Crippen molar-refractivity contribution < 1.29 is 14.6 Å². The number of anilines is 1. The summed E-state index contributed by atoms with van der Waals surface area (Å²) in [5.74, 6) is 2.89. The molecule has 1 aliphatic carbocycles. The van der Waals surface area contributed by atoms with Gasteiger partial charge in [-0.1, -0.05) is 64.2 Å². The van der Waals surface area contributed by atoms with E-state index in [9.17, 15) is 9.90 Å². The molecule has 0 saturated heterocycles. The van der Waals surface area contributed by atoms with Crippen LogP contribution in [0.5, 0.6) is 11.5 Å². The molecular weight excluding hydrogens is 542 g/mol. The van der Waals surface area contributed by atoms with Gasteiger partial charge >= 0.3 is 0 Å². The molecular formula is C35H47N3O3S. The van der Waals surface area contributed by atoms with E-state index in [0.29, 0.717) is 4.88 Å². The number of ketones is 1. The number of thiophene rings is 1. The SMILES string of the molecule is C#C.CC(=O)c1sc2ccccc2c1O.CC1CCCCC1.CCc1cc(-c2ccc(NC)nc2)ccc1OC.CN. The Hall–Kier alpha value is -3.86. The highest BCUT2D eigenvalue weighted by Crippen LogP contribution is 2.36. The van der Waals surface area contributed by atoms with Gasteiger partial charge in [0.1, 0.15) is 22.2 Å². The molecule has 5 rings (SSSR count). The lowest BCUT2D eigenvalue weighted by Crippen LogP contribution is -1.99. The number of aryl methyl sites for hydroxylation is 1. The Balaban J connectivity index is 0.000000320. The van der Waals surface area contributed by atoms with Gasteiger partial charge in [0.2, 0.25) is 0 Å². The summed E-state index contributed by atoms with van der Waals surface area (Å²) >= 11 is 1.33. The third-order valence-corrected chi connectivity index (χ3v) is 8.06. The van der Waals surface area contributed by atoms with Crippen LogP contribution in [0.4, 0.5) is 5.82 Å². The van der Waals surface area contributed by atoms with Gasteiger partial charge in [0.25, 0.3) is 0 Å². The van der Waals surface area contributed by atoms with Crippen molar-refractivity contribution in [3.05, 3.63) is 71.2 Å². The molecule has 0 spiro atoms. The molecule has 0 atom stereocenters. The fraction of sp³-hybridized carbons (Fsp3) is 0.371. The number of hydrogen-bond donors (Lipinski definition) is 3. The summed E-state index contributed by atoms with van der Waals surface area (Å²) in [4.78, 5) is 15.9. The number of benzene rings is 2. The normalized spacial score (nSPS) is 12.0. The number of terminal acetylenes is 1. The predicted molar refractivity (Wildman–Crippen MR) is 181 cm³/mol. The van der Waals surface area contributed by atoms with Gasteiger partial charge in [-0.2, -0.15) is 0 Å². The first-order valence-electron chi connectivity index (χ1n) is 14.3. The van der Waals surface area contributed by atoms with Crippen LogP contribution in [0.25, 0.3) is 21.2 Å². The van der Waals surface area contributed by atoms with Crippen LogP contribution in [0, 0.1) is 18.8 Å². The van der Waals surface area contributed by atoms with Crippen LogP contribution in [-0.4, -0.2) is 37.1 Å². The zero-order valence-electron chi connectivity index (χ0n) is 25.9. The summed E-state index contributed by atoms with van der Waals surface area (Å²) in [6.07, 6.45) is 18.3. The maximum atomic E-state index is 11.1. The first-order chi connectivity index (χ1) is 20.4. The van der Waals surface area contributed by atoms with Crippen LogP contribution in [-0.2, 0) is 6.42 Å². The zero-order valence-corrected chi connectivity index (χ0v) is 26.8. The zero-order chi connectivity index (χ0) is 31.5. The highest BCUT2D eigenvalue weighted by atomic mass is 32.1. The maximum absolute atomic E-state index is 11.1. The molecule has 0 aliphatic heterocycles. The van der Waals surface area contributed by atoms with Gasteiger partial charge in [0.05, 0.1) is 7.11 Å². The Bertz CT molecular complexity index is 1360. The quantitative estimate of drug-likeness (QED) is 0.159. The molecule has 42 heavy (non-hydrogen) atoms. The lowest BCUT2D eigenvalue weighted by molar-refractivity contribution is 0.101. The van der Waals surface area contributed by atoms with E-state index in [0.717, 1.165) is 39.6 Å². The summed E-state index contributed by atoms with van der Waals surface area (Å²) in [7, 11) is 5.07. The second kappa shape index (κ2) is 20.1. The van der Waals surface area contributed by atoms with E-state index in [2.05, 4.69) is 60.9 Å². The fourth-order valence-electron chi connectivity index (χ4n) is 4.52. The number of fused-ring (bicyclic) bond motifs is 1. The Morgan fingerprint density at radius 2 is 1.71 bits per heavy atom. The number of carbonyl (C=O) groups is 1. The molecule has 226 valence electrons. The van der Waals surface area contributed by atoms with E-state index in [4.69, 9.17) is 4.74 Å². The van der Waals surface area contributed by atoms with Crippen molar-refractivity contribution in [3.63, 3.8) is 0 Å². The molecule has 4 N–H and O–H groups in total. The number of nitrogens with two attached hydrogens (primary N) is 1. The summed E-state index contributed by atoms with van der Waals surface area (Å²) < 4.78 is 6.29. The van der Waals surface area contributed by atoms with Gasteiger partial charge in [-0.3, -0.25) is 4.79 Å². The number of hydrogen-bond acceptors (Lipinski definition) is 7. The van der Waals surface area contributed by atoms with Crippen molar-refractivity contribution in [1.82, 2.24) is 4.98 Å². The van der Waals surface area contributed by atoms with Gasteiger partial charge in [0.15, 0.2) is 5.78 Å². The Labute approximate surface area is 256 Å². The van der Waals surface area contributed by atoms with Crippen molar-refractivity contribution in [3.8, 4) is 35.5 Å². The topological polar surface area (TPSA) is 97.5 Å². The van der Waals surface area contributed by atoms with Crippen molar-refractivity contribution >= 4 is 33.0 Å². The Kier molecular flexibility index (Phi) is 17.3. The van der Waals surface area contributed by atoms with Crippen LogP contribution in [0.3, 0.4) is 0 Å². The third-order valence-electron chi connectivity index (χ3n) is 6.80. The molecule has 2 aromatic heterocycles. The summed E-state index contributed by atoms with van der Waals surface area (Å²) in [5, 5.41) is 13.4. The van der Waals surface area contributed by atoms with Crippen molar-refractivity contribution in [2.45, 2.75) is 59.3 Å². The molecule has 4 aromatic rings. The highest BCUT2D eigenvalue weighted by Gasteiger charge is 2.13. The number of ether oxygens (including phenoxy) is 1. The van der Waals surface area contributed by atoms with E-state index in [1.54, 1.807) is 7.11 Å². The first-order valence-corrected chi connectivity index (χ1v) is 15.1. The minimum absolute atomic E-state index is 0.0845. The molecule has 2 heterocycles. The minimum atomic E-state index is -0.0845.